The van der Waals surface area contributed by atoms with Gasteiger partial charge in [0, 0.05) is 19.6 Å². The molecule has 0 radical (unpaired) electrons. The number of aromatic nitrogens is 2. The third kappa shape index (κ3) is 3.88. The molecule has 2 heterocycles. The van der Waals surface area contributed by atoms with Crippen molar-refractivity contribution in [2.75, 3.05) is 18.8 Å². The number of carbonyl (C=O) groups excluding carboxylic acids is 1. The minimum absolute atomic E-state index is 0.0466. The molecular weight excluding hydrogens is 338 g/mol. The van der Waals surface area contributed by atoms with Crippen LogP contribution in [-0.4, -0.2) is 51.4 Å². The number of ether oxygens (including phenoxy) is 1. The molecular formula is C18H23N3O3S. The summed E-state index contributed by atoms with van der Waals surface area (Å²) in [6.07, 6.45) is 0.0932. The van der Waals surface area contributed by atoms with Gasteiger partial charge in [0.15, 0.2) is 5.16 Å². The molecule has 0 N–H and O–H groups in total. The minimum atomic E-state index is -0.0586. The van der Waals surface area contributed by atoms with Crippen LogP contribution < -0.4 is 5.56 Å². The molecule has 134 valence electrons. The predicted octanol–water partition coefficient (Wildman–Crippen LogP) is 2.14. The molecule has 7 heteroatoms. The fourth-order valence-electron chi connectivity index (χ4n) is 3.14. The normalized spacial score (nSPS) is 20.8. The third-order valence-corrected chi connectivity index (χ3v) is 5.20. The van der Waals surface area contributed by atoms with Crippen molar-refractivity contribution in [3.63, 3.8) is 0 Å². The number of fused-ring (bicyclic) bond motifs is 1. The van der Waals surface area contributed by atoms with Gasteiger partial charge in [-0.2, -0.15) is 0 Å². The van der Waals surface area contributed by atoms with E-state index in [4.69, 9.17) is 4.74 Å². The molecule has 1 aromatic carbocycles. The van der Waals surface area contributed by atoms with Crippen molar-refractivity contribution in [2.24, 2.45) is 0 Å². The molecule has 0 spiro atoms. The smallest absolute Gasteiger partial charge is 0.262 e. The lowest BCUT2D eigenvalue weighted by Gasteiger charge is -2.35. The zero-order chi connectivity index (χ0) is 18.0. The molecule has 1 fully saturated rings. The molecule has 2 aromatic rings. The maximum absolute atomic E-state index is 12.6. The summed E-state index contributed by atoms with van der Waals surface area (Å²) >= 11 is 1.32. The maximum atomic E-state index is 12.6. The predicted molar refractivity (Wildman–Crippen MR) is 99.0 cm³/mol. The van der Waals surface area contributed by atoms with E-state index < -0.39 is 0 Å². The summed E-state index contributed by atoms with van der Waals surface area (Å²) < 4.78 is 7.30. The van der Waals surface area contributed by atoms with Gasteiger partial charge in [-0.1, -0.05) is 23.9 Å². The second kappa shape index (κ2) is 7.58. The van der Waals surface area contributed by atoms with Gasteiger partial charge >= 0.3 is 0 Å². The summed E-state index contributed by atoms with van der Waals surface area (Å²) in [6, 6.07) is 7.31. The SMILES string of the molecule is CCn1c(SCC(=O)N2C[C@@H](C)O[C@H](C)C2)nc2ccccc2c1=O. The van der Waals surface area contributed by atoms with Crippen LogP contribution in [0.2, 0.25) is 0 Å². The Balaban J connectivity index is 1.79. The molecule has 6 nitrogen and oxygen atoms in total. The second-order valence-electron chi connectivity index (χ2n) is 6.31. The molecule has 3 rings (SSSR count). The summed E-state index contributed by atoms with van der Waals surface area (Å²) in [5.41, 5.74) is 0.609. The Labute approximate surface area is 151 Å². The highest BCUT2D eigenvalue weighted by atomic mass is 32.2. The van der Waals surface area contributed by atoms with E-state index in [1.807, 2.05) is 43.9 Å². The van der Waals surface area contributed by atoms with Crippen LogP contribution in [0.15, 0.2) is 34.2 Å². The van der Waals surface area contributed by atoms with E-state index >= 15 is 0 Å². The Morgan fingerprint density at radius 1 is 1.28 bits per heavy atom. The summed E-state index contributed by atoms with van der Waals surface area (Å²) in [7, 11) is 0. The summed E-state index contributed by atoms with van der Waals surface area (Å²) in [4.78, 5) is 31.6. The zero-order valence-corrected chi connectivity index (χ0v) is 15.6. The fourth-order valence-corrected chi connectivity index (χ4v) is 4.10. The van der Waals surface area contributed by atoms with Gasteiger partial charge < -0.3 is 9.64 Å². The number of nitrogens with zero attached hydrogens (tertiary/aromatic N) is 3. The average molecular weight is 361 g/mol. The molecule has 1 aliphatic rings. The van der Waals surface area contributed by atoms with Crippen LogP contribution in [0.5, 0.6) is 0 Å². The maximum Gasteiger partial charge on any atom is 0.262 e. The van der Waals surface area contributed by atoms with Crippen LogP contribution in [0.1, 0.15) is 20.8 Å². The quantitative estimate of drug-likeness (QED) is 0.617. The number of hydrogen-bond donors (Lipinski definition) is 0. The zero-order valence-electron chi connectivity index (χ0n) is 14.8. The van der Waals surface area contributed by atoms with E-state index in [0.29, 0.717) is 35.7 Å². The van der Waals surface area contributed by atoms with Crippen LogP contribution >= 0.6 is 11.8 Å². The molecule has 0 aliphatic carbocycles. The Bertz CT molecular complexity index is 826. The number of thioether (sulfide) groups is 1. The van der Waals surface area contributed by atoms with Gasteiger partial charge in [-0.15, -0.1) is 0 Å². The minimum Gasteiger partial charge on any atom is -0.372 e. The molecule has 1 saturated heterocycles. The molecule has 0 unspecified atom stereocenters. The van der Waals surface area contributed by atoms with Crippen molar-refractivity contribution >= 4 is 28.6 Å². The monoisotopic (exact) mass is 361 g/mol. The molecule has 0 bridgehead atoms. The van der Waals surface area contributed by atoms with Crippen LogP contribution in [0, 0.1) is 0 Å². The van der Waals surface area contributed by atoms with Gasteiger partial charge in [0.2, 0.25) is 5.91 Å². The number of carbonyl (C=O) groups is 1. The number of hydrogen-bond acceptors (Lipinski definition) is 5. The van der Waals surface area contributed by atoms with Crippen LogP contribution in [0.25, 0.3) is 10.9 Å². The molecule has 1 aromatic heterocycles. The van der Waals surface area contributed by atoms with Crippen molar-refractivity contribution in [3.05, 3.63) is 34.6 Å². The first-order chi connectivity index (χ1) is 12.0. The fraction of sp³-hybridized carbons (Fsp3) is 0.500. The van der Waals surface area contributed by atoms with E-state index in [9.17, 15) is 9.59 Å². The highest BCUT2D eigenvalue weighted by Gasteiger charge is 2.26. The summed E-state index contributed by atoms with van der Waals surface area (Å²) in [6.45, 7) is 7.60. The average Bonchev–Trinajstić information content (AvgIpc) is 2.59. The van der Waals surface area contributed by atoms with Crippen molar-refractivity contribution < 1.29 is 9.53 Å². The molecule has 25 heavy (non-hydrogen) atoms. The van der Waals surface area contributed by atoms with Crippen LogP contribution in [0.4, 0.5) is 0 Å². The largest absolute Gasteiger partial charge is 0.372 e. The topological polar surface area (TPSA) is 64.4 Å². The van der Waals surface area contributed by atoms with Crippen molar-refractivity contribution in [1.82, 2.24) is 14.5 Å². The Kier molecular flexibility index (Phi) is 5.44. The number of morpholine rings is 1. The Hall–Kier alpha value is -1.86. The van der Waals surface area contributed by atoms with Gasteiger partial charge in [-0.05, 0) is 32.9 Å². The van der Waals surface area contributed by atoms with E-state index in [1.165, 1.54) is 11.8 Å². The van der Waals surface area contributed by atoms with E-state index in [2.05, 4.69) is 4.98 Å². The standard InChI is InChI=1S/C18H23N3O3S/c1-4-21-17(23)14-7-5-6-8-15(14)19-18(21)25-11-16(22)20-9-12(2)24-13(3)10-20/h5-8,12-13H,4,9-11H2,1-3H3/t12-,13-/m1/s1. The van der Waals surface area contributed by atoms with Crippen molar-refractivity contribution in [3.8, 4) is 0 Å². The van der Waals surface area contributed by atoms with E-state index in [0.717, 1.165) is 0 Å². The Morgan fingerprint density at radius 3 is 2.64 bits per heavy atom. The van der Waals surface area contributed by atoms with Gasteiger partial charge in [0.05, 0.1) is 28.9 Å². The summed E-state index contributed by atoms with van der Waals surface area (Å²) in [5, 5.41) is 1.20. The molecule has 0 saturated carbocycles. The molecule has 2 atom stereocenters. The number of para-hydroxylation sites is 1. The first kappa shape index (κ1) is 17.9. The van der Waals surface area contributed by atoms with Crippen LogP contribution in [-0.2, 0) is 16.1 Å². The lowest BCUT2D eigenvalue weighted by atomic mass is 10.2. The van der Waals surface area contributed by atoms with Gasteiger partial charge in [0.1, 0.15) is 0 Å². The van der Waals surface area contributed by atoms with E-state index in [-0.39, 0.29) is 29.4 Å². The number of amides is 1. The molecule has 1 aliphatic heterocycles. The van der Waals surface area contributed by atoms with Gasteiger partial charge in [0.25, 0.3) is 5.56 Å². The molecule has 1 amide bonds. The third-order valence-electron chi connectivity index (χ3n) is 4.24. The van der Waals surface area contributed by atoms with Crippen LogP contribution in [0.3, 0.4) is 0 Å². The second-order valence-corrected chi connectivity index (χ2v) is 7.25. The number of rotatable bonds is 4. The first-order valence-electron chi connectivity index (χ1n) is 8.55. The van der Waals surface area contributed by atoms with Gasteiger partial charge in [-0.25, -0.2) is 4.98 Å². The van der Waals surface area contributed by atoms with Crippen molar-refractivity contribution in [1.29, 1.82) is 0 Å². The van der Waals surface area contributed by atoms with Gasteiger partial charge in [-0.3, -0.25) is 14.2 Å². The summed E-state index contributed by atoms with van der Waals surface area (Å²) in [5.74, 6) is 0.321. The highest BCUT2D eigenvalue weighted by molar-refractivity contribution is 7.99. The number of benzene rings is 1. The Morgan fingerprint density at radius 2 is 1.96 bits per heavy atom. The first-order valence-corrected chi connectivity index (χ1v) is 9.53. The van der Waals surface area contributed by atoms with E-state index in [1.54, 1.807) is 10.6 Å². The lowest BCUT2D eigenvalue weighted by Crippen LogP contribution is -2.48. The highest BCUT2D eigenvalue weighted by Crippen LogP contribution is 2.19. The lowest BCUT2D eigenvalue weighted by molar-refractivity contribution is -0.140. The van der Waals surface area contributed by atoms with Crippen molar-refractivity contribution in [2.45, 2.75) is 44.7 Å².